The van der Waals surface area contributed by atoms with Crippen molar-refractivity contribution in [3.8, 4) is 0 Å². The molecule has 0 spiro atoms. The van der Waals surface area contributed by atoms with Gasteiger partial charge in [-0.05, 0) is 37.4 Å². The van der Waals surface area contributed by atoms with Gasteiger partial charge in [-0.3, -0.25) is 29.9 Å². The molecule has 2 aromatic rings. The van der Waals surface area contributed by atoms with Crippen LogP contribution in [0.2, 0.25) is 0 Å². The average molecular weight is 412 g/mol. The molecule has 3 rings (SSSR count). The number of carbonyl (C=O) groups is 1. The molecule has 0 aromatic heterocycles. The minimum absolute atomic E-state index is 0.0451. The average Bonchev–Trinajstić information content (AvgIpc) is 2.75. The number of likely N-dealkylation sites (tertiary alicyclic amines) is 1. The first-order valence-corrected chi connectivity index (χ1v) is 9.86. The summed E-state index contributed by atoms with van der Waals surface area (Å²) in [7, 11) is 0. The van der Waals surface area contributed by atoms with Gasteiger partial charge >= 0.3 is 0 Å². The predicted molar refractivity (Wildman–Crippen MR) is 111 cm³/mol. The van der Waals surface area contributed by atoms with Gasteiger partial charge in [0.2, 0.25) is 0 Å². The second-order valence-electron chi connectivity index (χ2n) is 7.61. The summed E-state index contributed by atoms with van der Waals surface area (Å²) in [5.74, 6) is 0.0887. The lowest BCUT2D eigenvalue weighted by atomic mass is 9.95. The molecule has 1 N–H and O–H groups in total. The van der Waals surface area contributed by atoms with Crippen molar-refractivity contribution >= 4 is 17.3 Å². The van der Waals surface area contributed by atoms with Crippen molar-refractivity contribution in [2.24, 2.45) is 5.92 Å². The first-order chi connectivity index (χ1) is 14.3. The van der Waals surface area contributed by atoms with Crippen LogP contribution in [-0.4, -0.2) is 40.3 Å². The highest BCUT2D eigenvalue weighted by molar-refractivity contribution is 5.95. The van der Waals surface area contributed by atoms with Crippen LogP contribution in [0, 0.1) is 26.1 Å². The molecule has 9 nitrogen and oxygen atoms in total. The largest absolute Gasteiger partial charge is 0.350 e. The molecule has 0 radical (unpaired) electrons. The molecule has 9 heteroatoms. The van der Waals surface area contributed by atoms with Gasteiger partial charge in [0.05, 0.1) is 27.5 Å². The maximum atomic E-state index is 12.7. The fourth-order valence-electron chi connectivity index (χ4n) is 3.70. The number of hydrogen-bond acceptors (Lipinski definition) is 6. The van der Waals surface area contributed by atoms with E-state index in [1.807, 2.05) is 30.3 Å². The fraction of sp³-hybridized carbons (Fsp3) is 0.381. The first-order valence-electron chi connectivity index (χ1n) is 9.86. The molecule has 1 amide bonds. The highest BCUT2D eigenvalue weighted by Crippen LogP contribution is 2.27. The number of amides is 1. The van der Waals surface area contributed by atoms with E-state index in [0.29, 0.717) is 12.5 Å². The van der Waals surface area contributed by atoms with Crippen LogP contribution in [0.15, 0.2) is 48.5 Å². The van der Waals surface area contributed by atoms with Crippen LogP contribution in [0.5, 0.6) is 0 Å². The third kappa shape index (κ3) is 5.18. The van der Waals surface area contributed by atoms with Gasteiger partial charge in [0.1, 0.15) is 0 Å². The van der Waals surface area contributed by atoms with Crippen LogP contribution >= 0.6 is 0 Å². The highest BCUT2D eigenvalue weighted by Gasteiger charge is 2.26. The molecular weight excluding hydrogens is 388 g/mol. The number of nitro benzene ring substituents is 2. The Morgan fingerprint density at radius 2 is 1.63 bits per heavy atom. The smallest absolute Gasteiger partial charge is 0.277 e. The molecule has 0 bridgehead atoms. The topological polar surface area (TPSA) is 119 Å². The van der Waals surface area contributed by atoms with Gasteiger partial charge in [0, 0.05) is 18.7 Å². The first kappa shape index (κ1) is 21.4. The molecule has 1 unspecified atom stereocenters. The summed E-state index contributed by atoms with van der Waals surface area (Å²) in [5.41, 5.74) is -0.00897. The van der Waals surface area contributed by atoms with Crippen LogP contribution in [0.3, 0.4) is 0 Å². The number of piperidine rings is 1. The van der Waals surface area contributed by atoms with Crippen molar-refractivity contribution in [1.82, 2.24) is 10.2 Å². The molecule has 1 fully saturated rings. The van der Waals surface area contributed by atoms with E-state index in [1.165, 1.54) is 0 Å². The lowest BCUT2D eigenvalue weighted by Crippen LogP contribution is -2.42. The molecule has 0 saturated carbocycles. The van der Waals surface area contributed by atoms with E-state index in [-0.39, 0.29) is 11.6 Å². The molecular formula is C21H24N4O5. The summed E-state index contributed by atoms with van der Waals surface area (Å²) in [4.78, 5) is 35.7. The second-order valence-corrected chi connectivity index (χ2v) is 7.61. The Balaban J connectivity index is 1.79. The number of rotatable bonds is 7. The Morgan fingerprint density at radius 3 is 2.17 bits per heavy atom. The number of nitrogens with one attached hydrogen (secondary N) is 1. The lowest BCUT2D eigenvalue weighted by Gasteiger charge is -2.37. The van der Waals surface area contributed by atoms with Crippen LogP contribution in [0.25, 0.3) is 0 Å². The minimum atomic E-state index is -0.745. The standard InChI is InChI=1S/C21H24N4O5/c1-15-7-9-23(10-8-15)20(16-5-3-2-4-6-16)14-22-21(26)17-11-18(24(27)28)13-19(12-17)25(29)30/h2-6,11-13,15,20H,7-10,14H2,1H3,(H,22,26). The van der Waals surface area contributed by atoms with Crippen molar-refractivity contribution in [1.29, 1.82) is 0 Å². The Kier molecular flexibility index (Phi) is 6.73. The number of nitro groups is 2. The zero-order chi connectivity index (χ0) is 21.7. The third-order valence-electron chi connectivity index (χ3n) is 5.49. The maximum Gasteiger partial charge on any atom is 0.277 e. The van der Waals surface area contributed by atoms with Gasteiger partial charge < -0.3 is 5.32 Å². The number of benzene rings is 2. The zero-order valence-corrected chi connectivity index (χ0v) is 16.7. The van der Waals surface area contributed by atoms with Crippen molar-refractivity contribution in [3.63, 3.8) is 0 Å². The van der Waals surface area contributed by atoms with Gasteiger partial charge in [-0.15, -0.1) is 0 Å². The highest BCUT2D eigenvalue weighted by atomic mass is 16.6. The molecule has 0 aliphatic carbocycles. The van der Waals surface area contributed by atoms with Crippen LogP contribution in [0.1, 0.15) is 41.7 Å². The molecule has 1 aliphatic rings. The summed E-state index contributed by atoms with van der Waals surface area (Å²) < 4.78 is 0. The number of hydrogen-bond donors (Lipinski definition) is 1. The summed E-state index contributed by atoms with van der Waals surface area (Å²) in [5, 5.41) is 25.0. The number of non-ortho nitro benzene ring substituents is 2. The Hall–Kier alpha value is -3.33. The zero-order valence-electron chi connectivity index (χ0n) is 16.7. The summed E-state index contributed by atoms with van der Waals surface area (Å²) in [6, 6.07) is 12.8. The fourth-order valence-corrected chi connectivity index (χ4v) is 3.70. The van der Waals surface area contributed by atoms with Crippen LogP contribution in [0.4, 0.5) is 11.4 Å². The Morgan fingerprint density at radius 1 is 1.07 bits per heavy atom. The van der Waals surface area contributed by atoms with Crippen LogP contribution in [-0.2, 0) is 0 Å². The van der Waals surface area contributed by atoms with Gasteiger partial charge in [-0.25, -0.2) is 0 Å². The normalized spacial score (nSPS) is 16.0. The van der Waals surface area contributed by atoms with Crippen molar-refractivity contribution < 1.29 is 14.6 Å². The lowest BCUT2D eigenvalue weighted by molar-refractivity contribution is -0.394. The summed E-state index contributed by atoms with van der Waals surface area (Å²) in [6.45, 7) is 4.36. The quantitative estimate of drug-likeness (QED) is 0.547. The van der Waals surface area contributed by atoms with Gasteiger partial charge in [0.25, 0.3) is 17.3 Å². The van der Waals surface area contributed by atoms with E-state index in [1.54, 1.807) is 0 Å². The monoisotopic (exact) mass is 412 g/mol. The molecule has 1 aliphatic heterocycles. The summed E-state index contributed by atoms with van der Waals surface area (Å²) in [6.07, 6.45) is 2.16. The van der Waals surface area contributed by atoms with Crippen molar-refractivity contribution in [2.75, 3.05) is 19.6 Å². The van der Waals surface area contributed by atoms with E-state index in [4.69, 9.17) is 0 Å². The Labute approximate surface area is 174 Å². The molecule has 1 heterocycles. The molecule has 2 aromatic carbocycles. The molecule has 1 saturated heterocycles. The van der Waals surface area contributed by atoms with Gasteiger partial charge in [0.15, 0.2) is 0 Å². The molecule has 30 heavy (non-hydrogen) atoms. The van der Waals surface area contributed by atoms with Crippen LogP contribution < -0.4 is 5.32 Å². The van der Waals surface area contributed by atoms with E-state index in [2.05, 4.69) is 17.1 Å². The van der Waals surface area contributed by atoms with E-state index in [9.17, 15) is 25.0 Å². The third-order valence-corrected chi connectivity index (χ3v) is 5.49. The minimum Gasteiger partial charge on any atom is -0.350 e. The number of nitrogens with zero attached hydrogens (tertiary/aromatic N) is 3. The van der Waals surface area contributed by atoms with E-state index >= 15 is 0 Å². The summed E-state index contributed by atoms with van der Waals surface area (Å²) >= 11 is 0. The molecule has 1 atom stereocenters. The van der Waals surface area contributed by atoms with Crippen molar-refractivity contribution in [3.05, 3.63) is 79.9 Å². The maximum absolute atomic E-state index is 12.7. The van der Waals surface area contributed by atoms with Crippen molar-refractivity contribution in [2.45, 2.75) is 25.8 Å². The van der Waals surface area contributed by atoms with E-state index < -0.39 is 27.1 Å². The van der Waals surface area contributed by atoms with Gasteiger partial charge in [-0.2, -0.15) is 0 Å². The SMILES string of the molecule is CC1CCN(C(CNC(=O)c2cc([N+](=O)[O-])cc([N+](=O)[O-])c2)c2ccccc2)CC1. The number of carbonyl (C=O) groups excluding carboxylic acids is 1. The molecule has 158 valence electrons. The predicted octanol–water partition coefficient (Wildman–Crippen LogP) is 3.71. The van der Waals surface area contributed by atoms with E-state index in [0.717, 1.165) is 49.7 Å². The Bertz CT molecular complexity index is 894. The second kappa shape index (κ2) is 9.45. The van der Waals surface area contributed by atoms with Gasteiger partial charge in [-0.1, -0.05) is 37.3 Å².